The van der Waals surface area contributed by atoms with Gasteiger partial charge in [0.1, 0.15) is 0 Å². The fourth-order valence-corrected chi connectivity index (χ4v) is 3.10. The summed E-state index contributed by atoms with van der Waals surface area (Å²) in [7, 11) is 0. The first-order valence-electron chi connectivity index (χ1n) is 7.09. The van der Waals surface area contributed by atoms with Gasteiger partial charge in [0.2, 0.25) is 0 Å². The van der Waals surface area contributed by atoms with Crippen LogP contribution in [0.25, 0.3) is 0 Å². The second kappa shape index (κ2) is 5.25. The summed E-state index contributed by atoms with van der Waals surface area (Å²) in [4.78, 5) is 2.62. The van der Waals surface area contributed by atoms with E-state index in [4.69, 9.17) is 10.5 Å². The summed E-state index contributed by atoms with van der Waals surface area (Å²) in [6, 6.07) is 0.922. The van der Waals surface area contributed by atoms with E-state index in [0.29, 0.717) is 5.41 Å². The van der Waals surface area contributed by atoms with E-state index in [2.05, 4.69) is 25.7 Å². The molecule has 2 N–H and O–H groups in total. The van der Waals surface area contributed by atoms with Crippen molar-refractivity contribution in [3.05, 3.63) is 0 Å². The van der Waals surface area contributed by atoms with Gasteiger partial charge in [-0.05, 0) is 38.0 Å². The molecule has 2 aliphatic rings. The molecule has 2 fully saturated rings. The highest BCUT2D eigenvalue weighted by atomic mass is 16.5. The molecule has 0 spiro atoms. The molecule has 1 heterocycles. The van der Waals surface area contributed by atoms with Gasteiger partial charge in [0.25, 0.3) is 0 Å². The Bertz CT molecular complexity index is 243. The first-order chi connectivity index (χ1) is 7.98. The number of ether oxygens (including phenoxy) is 1. The highest BCUT2D eigenvalue weighted by Crippen LogP contribution is 2.37. The molecule has 3 nitrogen and oxygen atoms in total. The zero-order chi connectivity index (χ0) is 12.5. The van der Waals surface area contributed by atoms with Crippen molar-refractivity contribution in [1.29, 1.82) is 0 Å². The fraction of sp³-hybridized carbons (Fsp3) is 1.00. The third-order valence-electron chi connectivity index (χ3n) is 4.54. The minimum Gasteiger partial charge on any atom is -0.374 e. The molecular formula is C14H28N2O. The molecule has 2 atom stereocenters. The van der Waals surface area contributed by atoms with Crippen molar-refractivity contribution < 1.29 is 4.74 Å². The molecule has 1 saturated carbocycles. The molecule has 1 saturated heterocycles. The van der Waals surface area contributed by atoms with Crippen LogP contribution in [0.3, 0.4) is 0 Å². The van der Waals surface area contributed by atoms with E-state index in [0.717, 1.165) is 25.7 Å². The first kappa shape index (κ1) is 13.3. The summed E-state index contributed by atoms with van der Waals surface area (Å²) >= 11 is 0. The molecule has 1 aliphatic heterocycles. The van der Waals surface area contributed by atoms with Gasteiger partial charge in [-0.3, -0.25) is 4.90 Å². The molecule has 0 radical (unpaired) electrons. The van der Waals surface area contributed by atoms with Gasteiger partial charge in [-0.15, -0.1) is 0 Å². The van der Waals surface area contributed by atoms with Crippen LogP contribution in [0.1, 0.15) is 46.5 Å². The van der Waals surface area contributed by atoms with Crippen LogP contribution in [0.15, 0.2) is 0 Å². The number of rotatable bonds is 2. The summed E-state index contributed by atoms with van der Waals surface area (Å²) in [5.74, 6) is 0. The van der Waals surface area contributed by atoms with Crippen LogP contribution in [0.2, 0.25) is 0 Å². The maximum Gasteiger partial charge on any atom is 0.0850 e. The van der Waals surface area contributed by atoms with Crippen LogP contribution in [0.5, 0.6) is 0 Å². The van der Waals surface area contributed by atoms with Crippen molar-refractivity contribution in [3.8, 4) is 0 Å². The van der Waals surface area contributed by atoms with E-state index in [1.165, 1.54) is 25.7 Å². The van der Waals surface area contributed by atoms with Crippen LogP contribution < -0.4 is 5.73 Å². The molecule has 1 aliphatic carbocycles. The van der Waals surface area contributed by atoms with E-state index >= 15 is 0 Å². The van der Waals surface area contributed by atoms with Gasteiger partial charge >= 0.3 is 0 Å². The SMILES string of the molecule is CC(N)C1CN(C2CCC(C)(C)CC2)CCO1. The number of hydrogen-bond acceptors (Lipinski definition) is 3. The number of morpholine rings is 1. The maximum atomic E-state index is 5.95. The summed E-state index contributed by atoms with van der Waals surface area (Å²) in [5.41, 5.74) is 6.51. The lowest BCUT2D eigenvalue weighted by Gasteiger charge is -2.44. The Kier molecular flexibility index (Phi) is 4.11. The standard InChI is InChI=1S/C14H28N2O/c1-11(15)13-10-16(8-9-17-13)12-4-6-14(2,3)7-5-12/h11-13H,4-10,15H2,1-3H3. The van der Waals surface area contributed by atoms with Crippen molar-refractivity contribution in [1.82, 2.24) is 4.90 Å². The Morgan fingerprint density at radius 3 is 2.53 bits per heavy atom. The van der Waals surface area contributed by atoms with Gasteiger partial charge < -0.3 is 10.5 Å². The second-order valence-electron chi connectivity index (χ2n) is 6.66. The predicted molar refractivity (Wildman–Crippen MR) is 71.0 cm³/mol. The van der Waals surface area contributed by atoms with Gasteiger partial charge in [-0.1, -0.05) is 13.8 Å². The minimum absolute atomic E-state index is 0.151. The van der Waals surface area contributed by atoms with Crippen LogP contribution in [0, 0.1) is 5.41 Å². The lowest BCUT2D eigenvalue weighted by Crippen LogP contribution is -2.53. The Labute approximate surface area is 106 Å². The van der Waals surface area contributed by atoms with Crippen molar-refractivity contribution >= 4 is 0 Å². The first-order valence-corrected chi connectivity index (χ1v) is 7.09. The third-order valence-corrected chi connectivity index (χ3v) is 4.54. The van der Waals surface area contributed by atoms with Gasteiger partial charge in [0.05, 0.1) is 12.7 Å². The van der Waals surface area contributed by atoms with Gasteiger partial charge in [0.15, 0.2) is 0 Å². The average molecular weight is 240 g/mol. The smallest absolute Gasteiger partial charge is 0.0850 e. The number of nitrogens with two attached hydrogens (primary N) is 1. The molecule has 100 valence electrons. The summed E-state index contributed by atoms with van der Waals surface area (Å²) < 4.78 is 5.73. The molecule has 0 aromatic heterocycles. The predicted octanol–water partition coefficient (Wildman–Crippen LogP) is 2.00. The van der Waals surface area contributed by atoms with Crippen LogP contribution in [-0.2, 0) is 4.74 Å². The van der Waals surface area contributed by atoms with E-state index in [1.807, 2.05) is 0 Å². The monoisotopic (exact) mass is 240 g/mol. The summed E-state index contributed by atoms with van der Waals surface area (Å²) in [5, 5.41) is 0. The molecule has 0 aromatic carbocycles. The summed E-state index contributed by atoms with van der Waals surface area (Å²) in [6.45, 7) is 9.82. The quantitative estimate of drug-likeness (QED) is 0.802. The van der Waals surface area contributed by atoms with Crippen molar-refractivity contribution in [2.75, 3.05) is 19.7 Å². The van der Waals surface area contributed by atoms with Crippen LogP contribution in [-0.4, -0.2) is 42.8 Å². The maximum absolute atomic E-state index is 5.95. The second-order valence-corrected chi connectivity index (χ2v) is 6.66. The lowest BCUT2D eigenvalue weighted by molar-refractivity contribution is -0.0601. The largest absolute Gasteiger partial charge is 0.374 e. The number of nitrogens with zero attached hydrogens (tertiary/aromatic N) is 1. The summed E-state index contributed by atoms with van der Waals surface area (Å²) in [6.07, 6.45) is 5.64. The van der Waals surface area contributed by atoms with Gasteiger partial charge in [-0.25, -0.2) is 0 Å². The Morgan fingerprint density at radius 1 is 1.29 bits per heavy atom. The highest BCUT2D eigenvalue weighted by molar-refractivity contribution is 4.87. The molecular weight excluding hydrogens is 212 g/mol. The number of hydrogen-bond donors (Lipinski definition) is 1. The molecule has 0 bridgehead atoms. The molecule has 0 aromatic rings. The van der Waals surface area contributed by atoms with E-state index in [1.54, 1.807) is 0 Å². The Balaban J connectivity index is 1.86. The van der Waals surface area contributed by atoms with E-state index in [-0.39, 0.29) is 12.1 Å². The molecule has 3 heteroatoms. The zero-order valence-electron chi connectivity index (χ0n) is 11.6. The van der Waals surface area contributed by atoms with Crippen molar-refractivity contribution in [2.45, 2.75) is 64.6 Å². The molecule has 2 rings (SSSR count). The van der Waals surface area contributed by atoms with Crippen LogP contribution >= 0.6 is 0 Å². The highest BCUT2D eigenvalue weighted by Gasteiger charge is 2.33. The third kappa shape index (κ3) is 3.43. The van der Waals surface area contributed by atoms with Gasteiger partial charge in [0, 0.05) is 25.2 Å². The molecule has 2 unspecified atom stereocenters. The molecule has 17 heavy (non-hydrogen) atoms. The van der Waals surface area contributed by atoms with E-state index in [9.17, 15) is 0 Å². The normalized spacial score (nSPS) is 33.5. The topological polar surface area (TPSA) is 38.5 Å². The molecule has 0 amide bonds. The van der Waals surface area contributed by atoms with E-state index < -0.39 is 0 Å². The van der Waals surface area contributed by atoms with Crippen LogP contribution in [0.4, 0.5) is 0 Å². The van der Waals surface area contributed by atoms with Gasteiger partial charge in [-0.2, -0.15) is 0 Å². The Morgan fingerprint density at radius 2 is 1.94 bits per heavy atom. The zero-order valence-corrected chi connectivity index (χ0v) is 11.6. The lowest BCUT2D eigenvalue weighted by atomic mass is 9.75. The minimum atomic E-state index is 0.151. The van der Waals surface area contributed by atoms with Crippen molar-refractivity contribution in [3.63, 3.8) is 0 Å². The average Bonchev–Trinajstić information content (AvgIpc) is 2.29. The Hall–Kier alpha value is -0.120. The fourth-order valence-electron chi connectivity index (χ4n) is 3.10. The van der Waals surface area contributed by atoms with Crippen molar-refractivity contribution in [2.24, 2.45) is 11.1 Å².